The number of anilines is 2. The van der Waals surface area contributed by atoms with Crippen LogP contribution < -0.4 is 9.80 Å². The summed E-state index contributed by atoms with van der Waals surface area (Å²) in [6, 6.07) is 15.2. The molecule has 0 amide bonds. The van der Waals surface area contributed by atoms with Crippen molar-refractivity contribution in [1.82, 2.24) is 0 Å². The molecule has 0 atom stereocenters. The van der Waals surface area contributed by atoms with E-state index in [9.17, 15) is 9.59 Å². The Bertz CT molecular complexity index is 705. The first-order valence-corrected chi connectivity index (χ1v) is 8.97. The SMILES string of the molecule is O=C(CC(=O)c1ccc(N2CCC2)cc1)c1ccc(N2CCC2)cc1. The number of hydrogen-bond acceptors (Lipinski definition) is 4. The minimum atomic E-state index is -0.119. The monoisotopic (exact) mass is 334 g/mol. The van der Waals surface area contributed by atoms with Gasteiger partial charge < -0.3 is 9.80 Å². The van der Waals surface area contributed by atoms with Gasteiger partial charge in [0.2, 0.25) is 0 Å². The van der Waals surface area contributed by atoms with E-state index in [1.807, 2.05) is 48.5 Å². The highest BCUT2D eigenvalue weighted by Gasteiger charge is 2.18. The smallest absolute Gasteiger partial charge is 0.170 e. The molecule has 2 aliphatic rings. The molecule has 0 saturated carbocycles. The summed E-state index contributed by atoms with van der Waals surface area (Å²) in [5, 5.41) is 0. The number of nitrogens with zero attached hydrogens (tertiary/aromatic N) is 2. The number of benzene rings is 2. The van der Waals surface area contributed by atoms with E-state index in [-0.39, 0.29) is 18.0 Å². The summed E-state index contributed by atoms with van der Waals surface area (Å²) in [5.74, 6) is -0.237. The van der Waals surface area contributed by atoms with Crippen LogP contribution in [0.1, 0.15) is 40.0 Å². The number of carbonyl (C=O) groups is 2. The maximum atomic E-state index is 12.4. The molecule has 4 rings (SSSR count). The molecular formula is C21H22N2O2. The van der Waals surface area contributed by atoms with Crippen LogP contribution in [-0.4, -0.2) is 37.7 Å². The molecule has 2 aliphatic heterocycles. The van der Waals surface area contributed by atoms with Crippen molar-refractivity contribution in [3.63, 3.8) is 0 Å². The van der Waals surface area contributed by atoms with Crippen LogP contribution in [0, 0.1) is 0 Å². The third-order valence-corrected chi connectivity index (χ3v) is 5.14. The fraction of sp³-hybridized carbons (Fsp3) is 0.333. The molecule has 0 unspecified atom stereocenters. The topological polar surface area (TPSA) is 40.6 Å². The molecule has 0 bridgehead atoms. The van der Waals surface area contributed by atoms with E-state index in [1.54, 1.807) is 0 Å². The van der Waals surface area contributed by atoms with Crippen LogP contribution in [0.25, 0.3) is 0 Å². The number of ketones is 2. The van der Waals surface area contributed by atoms with E-state index >= 15 is 0 Å². The summed E-state index contributed by atoms with van der Waals surface area (Å²) in [5.41, 5.74) is 3.51. The maximum Gasteiger partial charge on any atom is 0.170 e. The van der Waals surface area contributed by atoms with Crippen LogP contribution in [0.5, 0.6) is 0 Å². The normalized spacial score (nSPS) is 16.2. The van der Waals surface area contributed by atoms with Crippen molar-refractivity contribution < 1.29 is 9.59 Å². The molecule has 25 heavy (non-hydrogen) atoms. The summed E-state index contributed by atoms with van der Waals surface area (Å²) in [6.07, 6.45) is 2.38. The van der Waals surface area contributed by atoms with Crippen molar-refractivity contribution in [3.8, 4) is 0 Å². The summed E-state index contributed by atoms with van der Waals surface area (Å²) in [7, 11) is 0. The van der Waals surface area contributed by atoms with Crippen LogP contribution in [0.15, 0.2) is 48.5 Å². The zero-order valence-electron chi connectivity index (χ0n) is 14.3. The van der Waals surface area contributed by atoms with Crippen LogP contribution in [0.4, 0.5) is 11.4 Å². The molecule has 2 fully saturated rings. The molecule has 2 saturated heterocycles. The second-order valence-corrected chi connectivity index (χ2v) is 6.80. The van der Waals surface area contributed by atoms with Gasteiger partial charge in [-0.15, -0.1) is 0 Å². The van der Waals surface area contributed by atoms with Crippen LogP contribution in [0.2, 0.25) is 0 Å². The minimum Gasteiger partial charge on any atom is -0.371 e. The summed E-state index contributed by atoms with van der Waals surface area (Å²) in [6.45, 7) is 4.33. The Hall–Kier alpha value is -2.62. The number of hydrogen-bond donors (Lipinski definition) is 0. The average Bonchev–Trinajstić information content (AvgIpc) is 2.53. The molecule has 2 aromatic rings. The molecule has 0 radical (unpaired) electrons. The third kappa shape index (κ3) is 3.29. The largest absolute Gasteiger partial charge is 0.371 e. The highest BCUT2D eigenvalue weighted by atomic mass is 16.1. The Morgan fingerprint density at radius 3 is 1.28 bits per heavy atom. The first-order valence-electron chi connectivity index (χ1n) is 8.97. The first-order chi connectivity index (χ1) is 12.2. The third-order valence-electron chi connectivity index (χ3n) is 5.14. The van der Waals surface area contributed by atoms with Gasteiger partial charge in [-0.3, -0.25) is 9.59 Å². The minimum absolute atomic E-state index is 0.0773. The van der Waals surface area contributed by atoms with E-state index in [2.05, 4.69) is 9.80 Å². The van der Waals surface area contributed by atoms with Crippen molar-refractivity contribution in [1.29, 1.82) is 0 Å². The molecule has 0 spiro atoms. The quantitative estimate of drug-likeness (QED) is 0.598. The fourth-order valence-electron chi connectivity index (χ4n) is 3.22. The standard InChI is InChI=1S/C21H22N2O2/c24-20(16-3-7-18(8-4-16)22-11-1-12-22)15-21(25)17-5-9-19(10-6-17)23-13-2-14-23/h3-10H,1-2,11-15H2. The molecule has 0 N–H and O–H groups in total. The maximum absolute atomic E-state index is 12.4. The molecule has 2 heterocycles. The lowest BCUT2D eigenvalue weighted by atomic mass is 10.0. The van der Waals surface area contributed by atoms with Crippen molar-refractivity contribution in [2.45, 2.75) is 19.3 Å². The van der Waals surface area contributed by atoms with Gasteiger partial charge in [0.1, 0.15) is 0 Å². The molecule has 4 nitrogen and oxygen atoms in total. The highest BCUT2D eigenvalue weighted by Crippen LogP contribution is 2.23. The van der Waals surface area contributed by atoms with Crippen molar-refractivity contribution in [3.05, 3.63) is 59.7 Å². The van der Waals surface area contributed by atoms with E-state index in [0.29, 0.717) is 11.1 Å². The Balaban J connectivity index is 1.38. The summed E-state index contributed by atoms with van der Waals surface area (Å²) < 4.78 is 0. The summed E-state index contributed by atoms with van der Waals surface area (Å²) in [4.78, 5) is 29.3. The molecule has 128 valence electrons. The van der Waals surface area contributed by atoms with E-state index in [0.717, 1.165) is 37.6 Å². The van der Waals surface area contributed by atoms with Crippen molar-refractivity contribution in [2.75, 3.05) is 36.0 Å². The lowest BCUT2D eigenvalue weighted by molar-refractivity contribution is 0.0894. The molecule has 0 aromatic heterocycles. The zero-order valence-corrected chi connectivity index (χ0v) is 14.3. The second-order valence-electron chi connectivity index (χ2n) is 6.80. The zero-order chi connectivity index (χ0) is 17.2. The van der Waals surface area contributed by atoms with Gasteiger partial charge in [0.05, 0.1) is 6.42 Å². The van der Waals surface area contributed by atoms with Crippen LogP contribution in [-0.2, 0) is 0 Å². The summed E-state index contributed by atoms with van der Waals surface area (Å²) >= 11 is 0. The van der Waals surface area contributed by atoms with Crippen LogP contribution in [0.3, 0.4) is 0 Å². The van der Waals surface area contributed by atoms with Crippen LogP contribution >= 0.6 is 0 Å². The van der Waals surface area contributed by atoms with E-state index in [1.165, 1.54) is 12.8 Å². The Morgan fingerprint density at radius 1 is 0.640 bits per heavy atom. The highest BCUT2D eigenvalue weighted by molar-refractivity contribution is 6.13. The predicted octanol–water partition coefficient (Wildman–Crippen LogP) is 3.56. The van der Waals surface area contributed by atoms with Gasteiger partial charge in [0.15, 0.2) is 11.6 Å². The van der Waals surface area contributed by atoms with E-state index < -0.39 is 0 Å². The number of carbonyl (C=O) groups excluding carboxylic acids is 2. The van der Waals surface area contributed by atoms with Gasteiger partial charge in [-0.2, -0.15) is 0 Å². The van der Waals surface area contributed by atoms with Crippen molar-refractivity contribution in [2.24, 2.45) is 0 Å². The fourth-order valence-corrected chi connectivity index (χ4v) is 3.22. The van der Waals surface area contributed by atoms with Gasteiger partial charge in [-0.1, -0.05) is 0 Å². The average molecular weight is 334 g/mol. The number of Topliss-reactive ketones (excluding diaryl/α,β-unsaturated/α-hetero) is 2. The molecule has 2 aromatic carbocycles. The molecule has 0 aliphatic carbocycles. The van der Waals surface area contributed by atoms with Gasteiger partial charge in [-0.05, 0) is 61.4 Å². The second kappa shape index (κ2) is 6.71. The Morgan fingerprint density at radius 2 is 1.00 bits per heavy atom. The lowest BCUT2D eigenvalue weighted by Crippen LogP contribution is -2.36. The van der Waals surface area contributed by atoms with E-state index in [4.69, 9.17) is 0 Å². The Kier molecular flexibility index (Phi) is 4.26. The van der Waals surface area contributed by atoms with Gasteiger partial charge in [-0.25, -0.2) is 0 Å². The predicted molar refractivity (Wildman–Crippen MR) is 99.8 cm³/mol. The first kappa shape index (κ1) is 15.9. The number of rotatable bonds is 6. The van der Waals surface area contributed by atoms with Gasteiger partial charge in [0, 0.05) is 48.7 Å². The Labute approximate surface area is 148 Å². The molecular weight excluding hydrogens is 312 g/mol. The molecule has 4 heteroatoms. The van der Waals surface area contributed by atoms with Gasteiger partial charge >= 0.3 is 0 Å². The lowest BCUT2D eigenvalue weighted by Gasteiger charge is -2.33. The van der Waals surface area contributed by atoms with Gasteiger partial charge in [0.25, 0.3) is 0 Å². The van der Waals surface area contributed by atoms with Crippen molar-refractivity contribution >= 4 is 22.9 Å².